The van der Waals surface area contributed by atoms with E-state index in [1.54, 1.807) is 4.68 Å². The summed E-state index contributed by atoms with van der Waals surface area (Å²) < 4.78 is 3.76. The molecule has 0 unspecified atom stereocenters. The molecule has 0 aliphatic rings. The summed E-state index contributed by atoms with van der Waals surface area (Å²) in [7, 11) is 0. The molecular weight excluding hydrogens is 346 g/mol. The van der Waals surface area contributed by atoms with Crippen molar-refractivity contribution in [2.75, 3.05) is 5.75 Å². The SMILES string of the molecule is C=CCn1c(C)cc(C(=O)CSc2nnnn2-c2ccccc2C)c1C. The molecule has 0 saturated carbocycles. The van der Waals surface area contributed by atoms with E-state index in [1.165, 1.54) is 11.8 Å². The fourth-order valence-corrected chi connectivity index (χ4v) is 3.69. The molecule has 1 aromatic carbocycles. The Hall–Kier alpha value is -2.67. The maximum atomic E-state index is 12.7. The number of hydrogen-bond acceptors (Lipinski definition) is 5. The molecule has 0 radical (unpaired) electrons. The number of para-hydroxylation sites is 1. The minimum atomic E-state index is 0.0674. The molecular formula is C19H21N5OS. The van der Waals surface area contributed by atoms with Crippen LogP contribution in [0, 0.1) is 20.8 Å². The topological polar surface area (TPSA) is 65.6 Å². The fraction of sp³-hybridized carbons (Fsp3) is 0.263. The van der Waals surface area contributed by atoms with Gasteiger partial charge in [-0.3, -0.25) is 4.79 Å². The predicted octanol–water partition coefficient (Wildman–Crippen LogP) is 3.55. The lowest BCUT2D eigenvalue weighted by Crippen LogP contribution is -2.07. The van der Waals surface area contributed by atoms with E-state index in [0.29, 0.717) is 11.7 Å². The molecule has 6 nitrogen and oxygen atoms in total. The Morgan fingerprint density at radius 3 is 2.77 bits per heavy atom. The Labute approximate surface area is 156 Å². The van der Waals surface area contributed by atoms with E-state index in [4.69, 9.17) is 0 Å². The molecule has 26 heavy (non-hydrogen) atoms. The van der Waals surface area contributed by atoms with Gasteiger partial charge in [0.2, 0.25) is 5.16 Å². The molecule has 0 amide bonds. The van der Waals surface area contributed by atoms with E-state index in [0.717, 1.165) is 28.2 Å². The Balaban J connectivity index is 1.78. The Morgan fingerprint density at radius 1 is 1.27 bits per heavy atom. The highest BCUT2D eigenvalue weighted by Gasteiger charge is 2.18. The molecule has 0 N–H and O–H groups in total. The number of carbonyl (C=O) groups excluding carboxylic acids is 1. The van der Waals surface area contributed by atoms with E-state index in [-0.39, 0.29) is 11.5 Å². The van der Waals surface area contributed by atoms with Crippen LogP contribution in [-0.2, 0) is 6.54 Å². The molecule has 0 fully saturated rings. The monoisotopic (exact) mass is 367 g/mol. The first-order chi connectivity index (χ1) is 12.5. The van der Waals surface area contributed by atoms with E-state index in [2.05, 4.69) is 26.7 Å². The molecule has 0 spiro atoms. The smallest absolute Gasteiger partial charge is 0.214 e. The van der Waals surface area contributed by atoms with Crippen molar-refractivity contribution < 1.29 is 4.79 Å². The normalized spacial score (nSPS) is 10.9. The molecule has 2 aromatic heterocycles. The van der Waals surface area contributed by atoms with Gasteiger partial charge in [-0.15, -0.1) is 11.7 Å². The molecule has 7 heteroatoms. The van der Waals surface area contributed by atoms with Crippen LogP contribution in [0.5, 0.6) is 0 Å². The van der Waals surface area contributed by atoms with Gasteiger partial charge in [0, 0.05) is 23.5 Å². The highest BCUT2D eigenvalue weighted by molar-refractivity contribution is 7.99. The first kappa shape index (κ1) is 18.1. The summed E-state index contributed by atoms with van der Waals surface area (Å²) in [6.45, 7) is 10.4. The zero-order valence-corrected chi connectivity index (χ0v) is 16.0. The predicted molar refractivity (Wildman–Crippen MR) is 103 cm³/mol. The van der Waals surface area contributed by atoms with Crippen molar-refractivity contribution in [3.8, 4) is 5.69 Å². The van der Waals surface area contributed by atoms with Crippen LogP contribution < -0.4 is 0 Å². The number of carbonyl (C=O) groups is 1. The second-order valence-corrected chi connectivity index (χ2v) is 7.00. The van der Waals surface area contributed by atoms with Gasteiger partial charge in [-0.1, -0.05) is 36.0 Å². The number of benzene rings is 1. The Kier molecular flexibility index (Phi) is 5.37. The van der Waals surface area contributed by atoms with Crippen molar-refractivity contribution in [3.63, 3.8) is 0 Å². The summed E-state index contributed by atoms with van der Waals surface area (Å²) in [5.41, 5.74) is 4.75. The molecule has 0 aliphatic heterocycles. The number of nitrogens with zero attached hydrogens (tertiary/aromatic N) is 5. The van der Waals surface area contributed by atoms with Gasteiger partial charge < -0.3 is 4.57 Å². The van der Waals surface area contributed by atoms with Crippen LogP contribution in [0.15, 0.2) is 48.1 Å². The van der Waals surface area contributed by atoms with Gasteiger partial charge in [-0.25, -0.2) is 0 Å². The summed E-state index contributed by atoms with van der Waals surface area (Å²) in [6.07, 6.45) is 1.83. The Bertz CT molecular complexity index is 957. The highest BCUT2D eigenvalue weighted by atomic mass is 32.2. The van der Waals surface area contributed by atoms with E-state index < -0.39 is 0 Å². The van der Waals surface area contributed by atoms with Crippen LogP contribution in [0.2, 0.25) is 0 Å². The number of allylic oxidation sites excluding steroid dienone is 1. The van der Waals surface area contributed by atoms with E-state index >= 15 is 0 Å². The van der Waals surface area contributed by atoms with Crippen molar-refractivity contribution in [1.29, 1.82) is 0 Å². The van der Waals surface area contributed by atoms with Gasteiger partial charge >= 0.3 is 0 Å². The zero-order valence-electron chi connectivity index (χ0n) is 15.1. The number of thioether (sulfide) groups is 1. The lowest BCUT2D eigenvalue weighted by molar-refractivity contribution is 0.102. The molecule has 134 valence electrons. The average molecular weight is 367 g/mol. The van der Waals surface area contributed by atoms with E-state index in [9.17, 15) is 4.79 Å². The van der Waals surface area contributed by atoms with Crippen LogP contribution in [-0.4, -0.2) is 36.3 Å². The van der Waals surface area contributed by atoms with E-state index in [1.807, 2.05) is 57.2 Å². The summed E-state index contributed by atoms with van der Waals surface area (Å²) in [5, 5.41) is 12.5. The molecule has 0 saturated heterocycles. The van der Waals surface area contributed by atoms with Gasteiger partial charge in [0.25, 0.3) is 0 Å². The maximum absolute atomic E-state index is 12.7. The third-order valence-electron chi connectivity index (χ3n) is 4.30. The molecule has 2 heterocycles. The summed E-state index contributed by atoms with van der Waals surface area (Å²) >= 11 is 1.35. The maximum Gasteiger partial charge on any atom is 0.214 e. The summed E-state index contributed by atoms with van der Waals surface area (Å²) in [6, 6.07) is 9.81. The standard InChI is InChI=1S/C19H21N5OS/c1-5-10-23-14(3)11-16(15(23)4)18(25)12-26-19-20-21-22-24(19)17-9-7-6-8-13(17)2/h5-9,11H,1,10,12H2,2-4H3. The largest absolute Gasteiger partial charge is 0.345 e. The minimum absolute atomic E-state index is 0.0674. The van der Waals surface area contributed by atoms with Crippen LogP contribution in [0.3, 0.4) is 0 Å². The fourth-order valence-electron chi connectivity index (χ4n) is 2.92. The molecule has 3 aromatic rings. The van der Waals surface area contributed by atoms with Crippen molar-refractivity contribution in [3.05, 3.63) is 65.5 Å². The quantitative estimate of drug-likeness (QED) is 0.363. The second kappa shape index (κ2) is 7.70. The number of Topliss-reactive ketones (excluding diaryl/α,β-unsaturated/α-hetero) is 1. The third kappa shape index (κ3) is 3.48. The minimum Gasteiger partial charge on any atom is -0.345 e. The van der Waals surface area contributed by atoms with Crippen molar-refractivity contribution in [1.82, 2.24) is 24.8 Å². The average Bonchev–Trinajstić information content (AvgIpc) is 3.20. The van der Waals surface area contributed by atoms with Gasteiger partial charge in [0.1, 0.15) is 0 Å². The number of hydrogen-bond donors (Lipinski definition) is 0. The third-order valence-corrected chi connectivity index (χ3v) is 5.22. The van der Waals surface area contributed by atoms with Crippen LogP contribution in [0.4, 0.5) is 0 Å². The number of aromatic nitrogens is 5. The van der Waals surface area contributed by atoms with Gasteiger partial charge in [0.05, 0.1) is 11.4 Å². The lowest BCUT2D eigenvalue weighted by Gasteiger charge is -2.07. The van der Waals surface area contributed by atoms with Crippen molar-refractivity contribution in [2.24, 2.45) is 0 Å². The van der Waals surface area contributed by atoms with Crippen molar-refractivity contribution >= 4 is 17.5 Å². The Morgan fingerprint density at radius 2 is 2.04 bits per heavy atom. The molecule has 0 bridgehead atoms. The summed E-state index contributed by atoms with van der Waals surface area (Å²) in [5.74, 6) is 0.350. The number of rotatable bonds is 7. The zero-order chi connectivity index (χ0) is 18.7. The summed E-state index contributed by atoms with van der Waals surface area (Å²) in [4.78, 5) is 12.7. The van der Waals surface area contributed by atoms with Crippen LogP contribution in [0.1, 0.15) is 27.3 Å². The first-order valence-corrected chi connectivity index (χ1v) is 9.29. The lowest BCUT2D eigenvalue weighted by atomic mass is 10.2. The van der Waals surface area contributed by atoms with Crippen LogP contribution >= 0.6 is 11.8 Å². The van der Waals surface area contributed by atoms with Gasteiger partial charge in [-0.05, 0) is 48.9 Å². The molecule has 0 atom stereocenters. The van der Waals surface area contributed by atoms with Crippen LogP contribution in [0.25, 0.3) is 5.69 Å². The second-order valence-electron chi connectivity index (χ2n) is 6.06. The molecule has 0 aliphatic carbocycles. The van der Waals surface area contributed by atoms with Gasteiger partial charge in [-0.2, -0.15) is 4.68 Å². The highest BCUT2D eigenvalue weighted by Crippen LogP contribution is 2.23. The number of aryl methyl sites for hydroxylation is 2. The van der Waals surface area contributed by atoms with Gasteiger partial charge in [0.15, 0.2) is 5.78 Å². The first-order valence-electron chi connectivity index (χ1n) is 8.31. The molecule has 3 rings (SSSR count). The number of tetrazole rings is 1. The number of ketones is 1. The van der Waals surface area contributed by atoms with Crippen molar-refractivity contribution in [2.45, 2.75) is 32.5 Å².